The highest BCUT2D eigenvalue weighted by Crippen LogP contribution is 2.30. The number of aromatic nitrogens is 2. The van der Waals surface area contributed by atoms with Gasteiger partial charge in [0.1, 0.15) is 17.3 Å². The summed E-state index contributed by atoms with van der Waals surface area (Å²) in [6.45, 7) is 1.75. The third-order valence-electron chi connectivity index (χ3n) is 3.84. The molecular formula is C19H17FN4O4S. The quantitative estimate of drug-likeness (QED) is 0.639. The number of carbonyl (C=O) groups excluding carboxylic acids is 1. The standard InChI is InChI=1S/C19H17FN4O4S/c1-12-10-22-17(11-21-12)19(25)23-14-5-8-18(28-2)16(9-14)24-29(26,27)15-6-3-13(20)4-7-15/h3-11,24H,1-2H3,(H,23,25). The lowest BCUT2D eigenvalue weighted by atomic mass is 10.2. The lowest BCUT2D eigenvalue weighted by molar-refractivity contribution is 0.102. The van der Waals surface area contributed by atoms with Crippen molar-refractivity contribution in [1.82, 2.24) is 9.97 Å². The molecule has 1 amide bonds. The van der Waals surface area contributed by atoms with Crippen LogP contribution >= 0.6 is 0 Å². The minimum absolute atomic E-state index is 0.101. The van der Waals surface area contributed by atoms with E-state index in [4.69, 9.17) is 4.74 Å². The summed E-state index contributed by atoms with van der Waals surface area (Å²) in [7, 11) is -2.62. The van der Waals surface area contributed by atoms with Gasteiger partial charge in [0.2, 0.25) is 0 Å². The van der Waals surface area contributed by atoms with E-state index in [1.165, 1.54) is 31.6 Å². The highest BCUT2D eigenvalue weighted by molar-refractivity contribution is 7.92. The minimum atomic E-state index is -4.00. The molecule has 3 rings (SSSR count). The van der Waals surface area contributed by atoms with Gasteiger partial charge in [-0.1, -0.05) is 0 Å². The third kappa shape index (κ3) is 4.85. The second-order valence-corrected chi connectivity index (χ2v) is 7.65. The van der Waals surface area contributed by atoms with E-state index in [2.05, 4.69) is 20.0 Å². The van der Waals surface area contributed by atoms with E-state index >= 15 is 0 Å². The van der Waals surface area contributed by atoms with Gasteiger partial charge in [-0.05, 0) is 49.4 Å². The number of anilines is 2. The molecule has 2 aromatic carbocycles. The number of methoxy groups -OCH3 is 1. The van der Waals surface area contributed by atoms with Crippen molar-refractivity contribution < 1.29 is 22.3 Å². The van der Waals surface area contributed by atoms with Crippen molar-refractivity contribution >= 4 is 27.3 Å². The van der Waals surface area contributed by atoms with Crippen LogP contribution in [0.3, 0.4) is 0 Å². The van der Waals surface area contributed by atoms with Crippen LogP contribution in [0.5, 0.6) is 5.75 Å². The van der Waals surface area contributed by atoms with E-state index in [1.54, 1.807) is 13.0 Å². The van der Waals surface area contributed by atoms with E-state index in [9.17, 15) is 17.6 Å². The number of carbonyl (C=O) groups is 1. The van der Waals surface area contributed by atoms with Gasteiger partial charge in [0.05, 0.1) is 29.6 Å². The molecule has 0 saturated heterocycles. The maximum Gasteiger partial charge on any atom is 0.275 e. The Hall–Kier alpha value is -3.53. The zero-order valence-corrected chi connectivity index (χ0v) is 16.3. The molecule has 2 N–H and O–H groups in total. The molecule has 0 aliphatic heterocycles. The summed E-state index contributed by atoms with van der Waals surface area (Å²) in [5.41, 5.74) is 1.20. The molecule has 0 saturated carbocycles. The van der Waals surface area contributed by atoms with Crippen LogP contribution < -0.4 is 14.8 Å². The van der Waals surface area contributed by atoms with Crippen molar-refractivity contribution in [3.63, 3.8) is 0 Å². The van der Waals surface area contributed by atoms with Gasteiger partial charge in [0.25, 0.3) is 15.9 Å². The van der Waals surface area contributed by atoms with Crippen molar-refractivity contribution in [1.29, 1.82) is 0 Å². The third-order valence-corrected chi connectivity index (χ3v) is 5.22. The van der Waals surface area contributed by atoms with Crippen LogP contribution in [0, 0.1) is 12.7 Å². The van der Waals surface area contributed by atoms with Gasteiger partial charge in [-0.15, -0.1) is 0 Å². The van der Waals surface area contributed by atoms with Crippen LogP contribution in [0.2, 0.25) is 0 Å². The fraction of sp³-hybridized carbons (Fsp3) is 0.105. The zero-order chi connectivity index (χ0) is 21.0. The molecule has 0 radical (unpaired) electrons. The molecule has 0 bridgehead atoms. The molecule has 0 atom stereocenters. The van der Waals surface area contributed by atoms with Crippen molar-refractivity contribution in [2.24, 2.45) is 0 Å². The Kier molecular flexibility index (Phi) is 5.74. The number of hydrogen-bond donors (Lipinski definition) is 2. The number of hydrogen-bond acceptors (Lipinski definition) is 6. The summed E-state index contributed by atoms with van der Waals surface area (Å²) in [6.07, 6.45) is 2.80. The summed E-state index contributed by atoms with van der Waals surface area (Å²) >= 11 is 0. The van der Waals surface area contributed by atoms with Gasteiger partial charge in [-0.25, -0.2) is 17.8 Å². The zero-order valence-electron chi connectivity index (χ0n) is 15.5. The summed E-state index contributed by atoms with van der Waals surface area (Å²) in [6, 6.07) is 8.83. The average Bonchev–Trinajstić information content (AvgIpc) is 2.69. The number of aryl methyl sites for hydroxylation is 1. The number of rotatable bonds is 6. The van der Waals surface area contributed by atoms with Crippen LogP contribution in [-0.2, 0) is 10.0 Å². The Labute approximate surface area is 166 Å². The minimum Gasteiger partial charge on any atom is -0.495 e. The van der Waals surface area contributed by atoms with Gasteiger partial charge in [0.15, 0.2) is 0 Å². The average molecular weight is 416 g/mol. The maximum absolute atomic E-state index is 13.1. The predicted octanol–water partition coefficient (Wildman–Crippen LogP) is 2.99. The van der Waals surface area contributed by atoms with Gasteiger partial charge < -0.3 is 10.1 Å². The van der Waals surface area contributed by atoms with Crippen LogP contribution in [0.25, 0.3) is 0 Å². The van der Waals surface area contributed by atoms with Gasteiger partial charge in [-0.3, -0.25) is 14.5 Å². The first-order valence-electron chi connectivity index (χ1n) is 8.35. The van der Waals surface area contributed by atoms with Crippen molar-refractivity contribution in [2.75, 3.05) is 17.1 Å². The summed E-state index contributed by atoms with van der Waals surface area (Å²) < 4.78 is 45.8. The molecule has 3 aromatic rings. The van der Waals surface area contributed by atoms with E-state index in [1.807, 2.05) is 0 Å². The van der Waals surface area contributed by atoms with Crippen molar-refractivity contribution in [2.45, 2.75) is 11.8 Å². The van der Waals surface area contributed by atoms with Crippen LogP contribution in [0.15, 0.2) is 59.8 Å². The Morgan fingerprint density at radius 2 is 1.79 bits per heavy atom. The molecule has 1 heterocycles. The fourth-order valence-electron chi connectivity index (χ4n) is 2.39. The van der Waals surface area contributed by atoms with Crippen LogP contribution in [0.1, 0.15) is 16.2 Å². The Morgan fingerprint density at radius 1 is 1.07 bits per heavy atom. The smallest absolute Gasteiger partial charge is 0.275 e. The lowest BCUT2D eigenvalue weighted by Crippen LogP contribution is -2.16. The fourth-order valence-corrected chi connectivity index (χ4v) is 3.45. The van der Waals surface area contributed by atoms with Gasteiger partial charge >= 0.3 is 0 Å². The van der Waals surface area contributed by atoms with Crippen LogP contribution in [0.4, 0.5) is 15.8 Å². The number of ether oxygens (including phenoxy) is 1. The van der Waals surface area contributed by atoms with E-state index in [0.29, 0.717) is 11.4 Å². The molecule has 10 heteroatoms. The Morgan fingerprint density at radius 3 is 2.41 bits per heavy atom. The number of benzene rings is 2. The molecule has 0 spiro atoms. The Balaban J connectivity index is 1.86. The van der Waals surface area contributed by atoms with Crippen molar-refractivity contribution in [3.05, 3.63) is 72.1 Å². The first-order chi connectivity index (χ1) is 13.8. The molecule has 8 nitrogen and oxygen atoms in total. The maximum atomic E-state index is 13.1. The van der Waals surface area contributed by atoms with E-state index in [0.717, 1.165) is 24.3 Å². The first kappa shape index (κ1) is 20.2. The molecule has 29 heavy (non-hydrogen) atoms. The number of halogens is 1. The molecule has 150 valence electrons. The largest absolute Gasteiger partial charge is 0.495 e. The molecule has 0 aliphatic rings. The molecule has 0 unspecified atom stereocenters. The normalized spacial score (nSPS) is 11.0. The summed E-state index contributed by atoms with van der Waals surface area (Å²) in [5.74, 6) is -0.815. The van der Waals surface area contributed by atoms with Gasteiger partial charge in [0, 0.05) is 11.9 Å². The second-order valence-electron chi connectivity index (χ2n) is 5.97. The Bertz CT molecular complexity index is 1130. The highest BCUT2D eigenvalue weighted by atomic mass is 32.2. The predicted molar refractivity (Wildman–Crippen MR) is 105 cm³/mol. The number of nitrogens with one attached hydrogen (secondary N) is 2. The monoisotopic (exact) mass is 416 g/mol. The topological polar surface area (TPSA) is 110 Å². The SMILES string of the molecule is COc1ccc(NC(=O)c2cnc(C)cn2)cc1NS(=O)(=O)c1ccc(F)cc1. The second kappa shape index (κ2) is 8.23. The molecule has 1 aromatic heterocycles. The van der Waals surface area contributed by atoms with Crippen LogP contribution in [-0.4, -0.2) is 31.4 Å². The lowest BCUT2D eigenvalue weighted by Gasteiger charge is -2.14. The molecule has 0 fully saturated rings. The van der Waals surface area contributed by atoms with E-state index < -0.39 is 21.7 Å². The first-order valence-corrected chi connectivity index (χ1v) is 9.83. The number of sulfonamides is 1. The molecular weight excluding hydrogens is 399 g/mol. The van der Waals surface area contributed by atoms with E-state index in [-0.39, 0.29) is 22.0 Å². The molecule has 0 aliphatic carbocycles. The summed E-state index contributed by atoms with van der Waals surface area (Å²) in [5, 5.41) is 2.62. The highest BCUT2D eigenvalue weighted by Gasteiger charge is 2.18. The summed E-state index contributed by atoms with van der Waals surface area (Å²) in [4.78, 5) is 20.2. The van der Waals surface area contributed by atoms with Gasteiger partial charge in [-0.2, -0.15) is 0 Å². The number of nitrogens with zero attached hydrogens (tertiary/aromatic N) is 2. The number of amides is 1. The van der Waals surface area contributed by atoms with Crippen molar-refractivity contribution in [3.8, 4) is 5.75 Å².